The van der Waals surface area contributed by atoms with Crippen molar-refractivity contribution in [3.8, 4) is 0 Å². The van der Waals surface area contributed by atoms with Crippen LogP contribution in [0.3, 0.4) is 0 Å². The zero-order valence-corrected chi connectivity index (χ0v) is 11.5. The Morgan fingerprint density at radius 1 is 1.50 bits per heavy atom. The first-order chi connectivity index (χ1) is 9.51. The van der Waals surface area contributed by atoms with E-state index >= 15 is 0 Å². The number of anilines is 2. The fourth-order valence-corrected chi connectivity index (χ4v) is 2.29. The van der Waals surface area contributed by atoms with E-state index in [4.69, 9.17) is 5.73 Å². The van der Waals surface area contributed by atoms with E-state index < -0.39 is 5.97 Å². The van der Waals surface area contributed by atoms with Crippen molar-refractivity contribution < 1.29 is 14.3 Å². The molecule has 3 N–H and O–H groups in total. The SMILES string of the molecule is COC(=O)c1ccc(N)c(N2CCC(NC(C)=O)C2)n1. The van der Waals surface area contributed by atoms with E-state index in [1.165, 1.54) is 20.1 Å². The summed E-state index contributed by atoms with van der Waals surface area (Å²) in [6.07, 6.45) is 0.823. The molecule has 1 aromatic heterocycles. The van der Waals surface area contributed by atoms with Gasteiger partial charge in [0.25, 0.3) is 0 Å². The molecule has 1 atom stereocenters. The molecule has 7 heteroatoms. The fourth-order valence-electron chi connectivity index (χ4n) is 2.29. The third-order valence-electron chi connectivity index (χ3n) is 3.20. The molecule has 0 bridgehead atoms. The van der Waals surface area contributed by atoms with Gasteiger partial charge in [-0.25, -0.2) is 9.78 Å². The van der Waals surface area contributed by atoms with Crippen LogP contribution in [0.2, 0.25) is 0 Å². The number of hydrogen-bond donors (Lipinski definition) is 2. The zero-order valence-electron chi connectivity index (χ0n) is 11.5. The van der Waals surface area contributed by atoms with Gasteiger partial charge < -0.3 is 20.7 Å². The molecule has 108 valence electrons. The molecule has 2 rings (SSSR count). The number of rotatable bonds is 3. The highest BCUT2D eigenvalue weighted by Crippen LogP contribution is 2.25. The summed E-state index contributed by atoms with van der Waals surface area (Å²) in [6.45, 7) is 2.85. The summed E-state index contributed by atoms with van der Waals surface area (Å²) in [4.78, 5) is 28.8. The molecule has 1 aliphatic heterocycles. The quantitative estimate of drug-likeness (QED) is 0.765. The summed E-state index contributed by atoms with van der Waals surface area (Å²) in [5.41, 5.74) is 6.64. The molecule has 1 unspecified atom stereocenters. The minimum atomic E-state index is -0.496. The second kappa shape index (κ2) is 5.77. The maximum Gasteiger partial charge on any atom is 0.356 e. The van der Waals surface area contributed by atoms with Crippen molar-refractivity contribution in [2.45, 2.75) is 19.4 Å². The summed E-state index contributed by atoms with van der Waals surface area (Å²) >= 11 is 0. The molecular weight excluding hydrogens is 260 g/mol. The summed E-state index contributed by atoms with van der Waals surface area (Å²) in [5.74, 6) is 0.00528. The number of pyridine rings is 1. The van der Waals surface area contributed by atoms with Crippen LogP contribution in [0.15, 0.2) is 12.1 Å². The molecule has 2 heterocycles. The van der Waals surface area contributed by atoms with E-state index in [0.717, 1.165) is 13.0 Å². The molecule has 0 spiro atoms. The summed E-state index contributed by atoms with van der Waals surface area (Å²) < 4.78 is 4.65. The van der Waals surface area contributed by atoms with Crippen molar-refractivity contribution in [2.24, 2.45) is 0 Å². The fraction of sp³-hybridized carbons (Fsp3) is 0.462. The molecule has 0 aliphatic carbocycles. The number of methoxy groups -OCH3 is 1. The molecule has 1 aromatic rings. The summed E-state index contributed by atoms with van der Waals surface area (Å²) in [5, 5.41) is 2.87. The van der Waals surface area contributed by atoms with Gasteiger partial charge in [0, 0.05) is 26.1 Å². The zero-order chi connectivity index (χ0) is 14.7. The first-order valence-corrected chi connectivity index (χ1v) is 6.38. The Morgan fingerprint density at radius 3 is 2.90 bits per heavy atom. The van der Waals surface area contributed by atoms with Gasteiger partial charge in [0.15, 0.2) is 11.5 Å². The van der Waals surface area contributed by atoms with E-state index in [0.29, 0.717) is 18.1 Å². The number of ether oxygens (including phenoxy) is 1. The first-order valence-electron chi connectivity index (χ1n) is 6.38. The number of nitrogens with two attached hydrogens (primary N) is 1. The molecule has 0 saturated carbocycles. The predicted octanol–water partition coefficient (Wildman–Crippen LogP) is 0.165. The molecule has 1 fully saturated rings. The number of esters is 1. The van der Waals surface area contributed by atoms with Gasteiger partial charge in [-0.15, -0.1) is 0 Å². The van der Waals surface area contributed by atoms with E-state index in [1.807, 2.05) is 4.90 Å². The van der Waals surface area contributed by atoms with Crippen LogP contribution in [-0.4, -0.2) is 43.1 Å². The summed E-state index contributed by atoms with van der Waals surface area (Å²) in [7, 11) is 1.31. The standard InChI is InChI=1S/C13H18N4O3/c1-8(18)15-9-5-6-17(7-9)12-10(14)3-4-11(16-12)13(19)20-2/h3-4,9H,5-7,14H2,1-2H3,(H,15,18). The highest BCUT2D eigenvalue weighted by atomic mass is 16.5. The Balaban J connectivity index is 2.16. The van der Waals surface area contributed by atoms with Gasteiger partial charge in [0.05, 0.1) is 12.8 Å². The second-order valence-corrected chi connectivity index (χ2v) is 4.73. The van der Waals surface area contributed by atoms with Gasteiger partial charge >= 0.3 is 5.97 Å². The van der Waals surface area contributed by atoms with Gasteiger partial charge in [-0.1, -0.05) is 0 Å². The third-order valence-corrected chi connectivity index (χ3v) is 3.20. The lowest BCUT2D eigenvalue weighted by molar-refractivity contribution is -0.119. The lowest BCUT2D eigenvalue weighted by Gasteiger charge is -2.20. The maximum atomic E-state index is 11.5. The lowest BCUT2D eigenvalue weighted by Crippen LogP contribution is -2.35. The van der Waals surface area contributed by atoms with Crippen molar-refractivity contribution in [3.63, 3.8) is 0 Å². The number of nitrogens with zero attached hydrogens (tertiary/aromatic N) is 2. The molecule has 0 radical (unpaired) electrons. The smallest absolute Gasteiger partial charge is 0.356 e. The Bertz CT molecular complexity index is 532. The average molecular weight is 278 g/mol. The molecule has 1 saturated heterocycles. The number of amides is 1. The van der Waals surface area contributed by atoms with Crippen LogP contribution in [0.4, 0.5) is 11.5 Å². The number of carbonyl (C=O) groups excluding carboxylic acids is 2. The van der Waals surface area contributed by atoms with Crippen LogP contribution in [0, 0.1) is 0 Å². The lowest BCUT2D eigenvalue weighted by atomic mass is 10.2. The highest BCUT2D eigenvalue weighted by molar-refractivity contribution is 5.88. The molecule has 20 heavy (non-hydrogen) atoms. The number of nitrogen functional groups attached to an aromatic ring is 1. The number of aromatic nitrogens is 1. The van der Waals surface area contributed by atoms with Gasteiger partial charge in [-0.2, -0.15) is 0 Å². The summed E-state index contributed by atoms with van der Waals surface area (Å²) in [6, 6.07) is 3.25. The van der Waals surface area contributed by atoms with Crippen LogP contribution >= 0.6 is 0 Å². The second-order valence-electron chi connectivity index (χ2n) is 4.73. The molecule has 1 amide bonds. The molecule has 0 aromatic carbocycles. The van der Waals surface area contributed by atoms with Crippen molar-refractivity contribution in [3.05, 3.63) is 17.8 Å². The topological polar surface area (TPSA) is 97.5 Å². The molecule has 7 nitrogen and oxygen atoms in total. The van der Waals surface area contributed by atoms with Crippen molar-refractivity contribution in [1.29, 1.82) is 0 Å². The van der Waals surface area contributed by atoms with Crippen molar-refractivity contribution in [2.75, 3.05) is 30.8 Å². The minimum absolute atomic E-state index is 0.0545. The number of hydrogen-bond acceptors (Lipinski definition) is 6. The van der Waals surface area contributed by atoms with Gasteiger partial charge in [-0.3, -0.25) is 4.79 Å². The normalized spacial score (nSPS) is 17.9. The maximum absolute atomic E-state index is 11.5. The Labute approximate surface area is 117 Å². The van der Waals surface area contributed by atoms with Gasteiger partial charge in [-0.05, 0) is 18.6 Å². The minimum Gasteiger partial charge on any atom is -0.464 e. The predicted molar refractivity (Wildman–Crippen MR) is 74.4 cm³/mol. The van der Waals surface area contributed by atoms with Crippen LogP contribution in [0.5, 0.6) is 0 Å². The van der Waals surface area contributed by atoms with Gasteiger partial charge in [0.2, 0.25) is 5.91 Å². The monoisotopic (exact) mass is 278 g/mol. The number of carbonyl (C=O) groups is 2. The van der Waals surface area contributed by atoms with Crippen LogP contribution in [0.25, 0.3) is 0 Å². The van der Waals surface area contributed by atoms with Crippen molar-refractivity contribution in [1.82, 2.24) is 10.3 Å². The van der Waals surface area contributed by atoms with Gasteiger partial charge in [0.1, 0.15) is 0 Å². The molecule has 1 aliphatic rings. The Kier molecular flexibility index (Phi) is 4.07. The van der Waals surface area contributed by atoms with E-state index in [2.05, 4.69) is 15.0 Å². The van der Waals surface area contributed by atoms with E-state index in [1.54, 1.807) is 6.07 Å². The van der Waals surface area contributed by atoms with E-state index in [9.17, 15) is 9.59 Å². The third kappa shape index (κ3) is 2.98. The Hall–Kier alpha value is -2.31. The molecular formula is C13H18N4O3. The number of nitrogens with one attached hydrogen (secondary N) is 1. The van der Waals surface area contributed by atoms with Crippen LogP contribution < -0.4 is 16.0 Å². The van der Waals surface area contributed by atoms with Crippen LogP contribution in [0.1, 0.15) is 23.8 Å². The highest BCUT2D eigenvalue weighted by Gasteiger charge is 2.26. The largest absolute Gasteiger partial charge is 0.464 e. The van der Waals surface area contributed by atoms with Crippen LogP contribution in [-0.2, 0) is 9.53 Å². The Morgan fingerprint density at radius 2 is 2.25 bits per heavy atom. The first kappa shape index (κ1) is 14.1. The van der Waals surface area contributed by atoms with E-state index in [-0.39, 0.29) is 17.6 Å². The van der Waals surface area contributed by atoms with Crippen molar-refractivity contribution >= 4 is 23.4 Å². The average Bonchev–Trinajstić information content (AvgIpc) is 2.85.